The highest BCUT2D eigenvalue weighted by molar-refractivity contribution is 9.10. The Balaban J connectivity index is 2.07. The smallest absolute Gasteiger partial charge is 0.228 e. The van der Waals surface area contributed by atoms with Gasteiger partial charge in [-0.2, -0.15) is 0 Å². The molecule has 88 valence electrons. The zero-order chi connectivity index (χ0) is 12.3. The average Bonchev–Trinajstić information content (AvgIpc) is 2.33. The van der Waals surface area contributed by atoms with Crippen LogP contribution in [0, 0.1) is 6.92 Å². The molecule has 3 nitrogen and oxygen atoms in total. The molecular formula is C13H13BrN2O. The standard InChI is InChI=1S/C13H13BrN2O/c1-9-6-7-16-13(12(9)14)17-8-10-2-4-11(15)5-3-10/h2-7H,8,15H2,1H3. The van der Waals surface area contributed by atoms with Gasteiger partial charge in [-0.1, -0.05) is 12.1 Å². The zero-order valence-corrected chi connectivity index (χ0v) is 11.1. The van der Waals surface area contributed by atoms with Gasteiger partial charge in [-0.25, -0.2) is 4.98 Å². The predicted molar refractivity (Wildman–Crippen MR) is 71.9 cm³/mol. The number of benzene rings is 1. The Morgan fingerprint density at radius 3 is 2.65 bits per heavy atom. The maximum absolute atomic E-state index is 5.64. The fourth-order valence-corrected chi connectivity index (χ4v) is 1.73. The van der Waals surface area contributed by atoms with E-state index in [9.17, 15) is 0 Å². The van der Waals surface area contributed by atoms with E-state index >= 15 is 0 Å². The molecule has 1 aromatic carbocycles. The summed E-state index contributed by atoms with van der Waals surface area (Å²) >= 11 is 3.46. The van der Waals surface area contributed by atoms with Crippen molar-refractivity contribution in [3.8, 4) is 5.88 Å². The first-order chi connectivity index (χ1) is 8.16. The van der Waals surface area contributed by atoms with Crippen molar-refractivity contribution in [2.75, 3.05) is 5.73 Å². The molecule has 0 unspecified atom stereocenters. The van der Waals surface area contributed by atoms with Crippen LogP contribution in [0.5, 0.6) is 5.88 Å². The summed E-state index contributed by atoms with van der Waals surface area (Å²) in [5, 5.41) is 0. The van der Waals surface area contributed by atoms with Crippen LogP contribution in [0.2, 0.25) is 0 Å². The lowest BCUT2D eigenvalue weighted by Gasteiger charge is -2.08. The molecule has 2 aromatic rings. The molecule has 0 spiro atoms. The van der Waals surface area contributed by atoms with Gasteiger partial charge in [-0.05, 0) is 52.2 Å². The lowest BCUT2D eigenvalue weighted by Crippen LogP contribution is -1.99. The quantitative estimate of drug-likeness (QED) is 0.883. The first kappa shape index (κ1) is 11.9. The molecule has 4 heteroatoms. The highest BCUT2D eigenvalue weighted by Gasteiger charge is 2.05. The van der Waals surface area contributed by atoms with Crippen LogP contribution in [-0.2, 0) is 6.61 Å². The Bertz CT molecular complexity index is 511. The molecular weight excluding hydrogens is 280 g/mol. The Morgan fingerprint density at radius 1 is 1.24 bits per heavy atom. The number of halogens is 1. The summed E-state index contributed by atoms with van der Waals surface area (Å²) in [5.74, 6) is 0.613. The number of nitrogen functional groups attached to an aromatic ring is 1. The molecule has 0 saturated carbocycles. The van der Waals surface area contributed by atoms with Crippen LogP contribution in [0.4, 0.5) is 5.69 Å². The van der Waals surface area contributed by atoms with E-state index in [4.69, 9.17) is 10.5 Å². The summed E-state index contributed by atoms with van der Waals surface area (Å²) in [6.07, 6.45) is 1.73. The van der Waals surface area contributed by atoms with E-state index in [2.05, 4.69) is 20.9 Å². The second kappa shape index (κ2) is 5.19. The van der Waals surface area contributed by atoms with Gasteiger partial charge in [0.2, 0.25) is 5.88 Å². The van der Waals surface area contributed by atoms with Crippen molar-refractivity contribution < 1.29 is 4.74 Å². The van der Waals surface area contributed by atoms with E-state index in [-0.39, 0.29) is 0 Å². The van der Waals surface area contributed by atoms with Crippen molar-refractivity contribution in [1.82, 2.24) is 4.98 Å². The number of hydrogen-bond acceptors (Lipinski definition) is 3. The molecule has 0 aliphatic carbocycles. The number of ether oxygens (including phenoxy) is 1. The minimum Gasteiger partial charge on any atom is -0.472 e. The van der Waals surface area contributed by atoms with Crippen molar-refractivity contribution in [1.29, 1.82) is 0 Å². The van der Waals surface area contributed by atoms with Gasteiger partial charge in [0.05, 0.1) is 4.47 Å². The molecule has 0 aliphatic heterocycles. The summed E-state index contributed by atoms with van der Waals surface area (Å²) in [6, 6.07) is 9.53. The van der Waals surface area contributed by atoms with Crippen molar-refractivity contribution in [3.63, 3.8) is 0 Å². The Kier molecular flexibility index (Phi) is 3.64. The van der Waals surface area contributed by atoms with E-state index < -0.39 is 0 Å². The Hall–Kier alpha value is -1.55. The molecule has 1 aromatic heterocycles. The van der Waals surface area contributed by atoms with E-state index in [1.54, 1.807) is 6.20 Å². The zero-order valence-electron chi connectivity index (χ0n) is 9.48. The van der Waals surface area contributed by atoms with Gasteiger partial charge in [0, 0.05) is 11.9 Å². The van der Waals surface area contributed by atoms with Crippen molar-refractivity contribution in [2.45, 2.75) is 13.5 Å². The van der Waals surface area contributed by atoms with Crippen LogP contribution < -0.4 is 10.5 Å². The number of rotatable bonds is 3. The second-order valence-corrected chi connectivity index (χ2v) is 4.57. The van der Waals surface area contributed by atoms with Crippen LogP contribution in [0.3, 0.4) is 0 Å². The number of aryl methyl sites for hydroxylation is 1. The van der Waals surface area contributed by atoms with Crippen LogP contribution >= 0.6 is 15.9 Å². The molecule has 0 bridgehead atoms. The first-order valence-corrected chi connectivity index (χ1v) is 6.04. The fourth-order valence-electron chi connectivity index (χ4n) is 1.38. The largest absolute Gasteiger partial charge is 0.472 e. The minimum absolute atomic E-state index is 0.481. The van der Waals surface area contributed by atoms with Gasteiger partial charge in [0.1, 0.15) is 6.61 Å². The lowest BCUT2D eigenvalue weighted by molar-refractivity contribution is 0.291. The molecule has 0 atom stereocenters. The van der Waals surface area contributed by atoms with E-state index in [1.165, 1.54) is 0 Å². The summed E-state index contributed by atoms with van der Waals surface area (Å²) in [4.78, 5) is 4.18. The van der Waals surface area contributed by atoms with Gasteiger partial charge in [0.15, 0.2) is 0 Å². The maximum Gasteiger partial charge on any atom is 0.228 e. The highest BCUT2D eigenvalue weighted by Crippen LogP contribution is 2.26. The number of nitrogens with two attached hydrogens (primary N) is 1. The van der Waals surface area contributed by atoms with E-state index in [0.717, 1.165) is 21.3 Å². The van der Waals surface area contributed by atoms with E-state index in [0.29, 0.717) is 12.5 Å². The molecule has 0 fully saturated rings. The van der Waals surface area contributed by atoms with E-state index in [1.807, 2.05) is 37.3 Å². The molecule has 0 amide bonds. The third-order valence-electron chi connectivity index (χ3n) is 2.41. The SMILES string of the molecule is Cc1ccnc(OCc2ccc(N)cc2)c1Br. The van der Waals surface area contributed by atoms with Crippen LogP contribution in [-0.4, -0.2) is 4.98 Å². The summed E-state index contributed by atoms with van der Waals surface area (Å²) in [5.41, 5.74) is 8.54. The number of pyridine rings is 1. The number of anilines is 1. The van der Waals surface area contributed by atoms with Gasteiger partial charge in [-0.3, -0.25) is 0 Å². The van der Waals surface area contributed by atoms with Crippen LogP contribution in [0.25, 0.3) is 0 Å². The van der Waals surface area contributed by atoms with Crippen molar-refractivity contribution >= 4 is 21.6 Å². The monoisotopic (exact) mass is 292 g/mol. The average molecular weight is 293 g/mol. The molecule has 0 saturated heterocycles. The second-order valence-electron chi connectivity index (χ2n) is 3.78. The lowest BCUT2D eigenvalue weighted by atomic mass is 10.2. The molecule has 17 heavy (non-hydrogen) atoms. The van der Waals surface area contributed by atoms with Gasteiger partial charge >= 0.3 is 0 Å². The normalized spacial score (nSPS) is 10.2. The molecule has 2 N–H and O–H groups in total. The highest BCUT2D eigenvalue weighted by atomic mass is 79.9. The summed E-state index contributed by atoms with van der Waals surface area (Å²) < 4.78 is 6.54. The fraction of sp³-hybridized carbons (Fsp3) is 0.154. The van der Waals surface area contributed by atoms with Crippen LogP contribution in [0.1, 0.15) is 11.1 Å². The van der Waals surface area contributed by atoms with Crippen molar-refractivity contribution in [2.24, 2.45) is 0 Å². The van der Waals surface area contributed by atoms with Gasteiger partial charge in [-0.15, -0.1) is 0 Å². The topological polar surface area (TPSA) is 48.1 Å². The molecule has 2 rings (SSSR count). The number of hydrogen-bond donors (Lipinski definition) is 1. The van der Waals surface area contributed by atoms with Crippen LogP contribution in [0.15, 0.2) is 41.0 Å². The minimum atomic E-state index is 0.481. The third-order valence-corrected chi connectivity index (χ3v) is 3.37. The number of nitrogens with zero attached hydrogens (tertiary/aromatic N) is 1. The molecule has 0 aliphatic rings. The predicted octanol–water partition coefficient (Wildman–Crippen LogP) is 3.31. The van der Waals surface area contributed by atoms with Gasteiger partial charge < -0.3 is 10.5 Å². The maximum atomic E-state index is 5.64. The summed E-state index contributed by atoms with van der Waals surface area (Å²) in [7, 11) is 0. The Morgan fingerprint density at radius 2 is 1.94 bits per heavy atom. The first-order valence-electron chi connectivity index (χ1n) is 5.25. The molecule has 0 radical (unpaired) electrons. The number of aromatic nitrogens is 1. The summed E-state index contributed by atoms with van der Waals surface area (Å²) in [6.45, 7) is 2.48. The van der Waals surface area contributed by atoms with Gasteiger partial charge in [0.25, 0.3) is 0 Å². The molecule has 1 heterocycles. The Labute approximate surface area is 109 Å². The third kappa shape index (κ3) is 2.97. The van der Waals surface area contributed by atoms with Crippen molar-refractivity contribution in [3.05, 3.63) is 52.1 Å².